The molecule has 2 unspecified atom stereocenters. The van der Waals surface area contributed by atoms with Crippen LogP contribution < -0.4 is 11.5 Å². The van der Waals surface area contributed by atoms with Crippen LogP contribution in [0.15, 0.2) is 35.2 Å². The normalized spacial score (nSPS) is 26.8. The lowest BCUT2D eigenvalue weighted by molar-refractivity contribution is -0.533. The molecule has 0 aromatic heterocycles. The summed E-state index contributed by atoms with van der Waals surface area (Å²) in [7, 11) is 0. The van der Waals surface area contributed by atoms with Crippen molar-refractivity contribution in [1.82, 2.24) is 0 Å². The van der Waals surface area contributed by atoms with Crippen LogP contribution in [0, 0.1) is 20.2 Å². The van der Waals surface area contributed by atoms with Crippen LogP contribution in [0.5, 0.6) is 0 Å². The van der Waals surface area contributed by atoms with Gasteiger partial charge in [-0.15, -0.1) is 11.6 Å². The van der Waals surface area contributed by atoms with Crippen molar-refractivity contribution in [3.8, 4) is 0 Å². The molecule has 4 N–H and O–H groups in total. The van der Waals surface area contributed by atoms with Gasteiger partial charge in [0.25, 0.3) is 11.7 Å². The minimum absolute atomic E-state index is 0.0672. The molecule has 0 saturated carbocycles. The van der Waals surface area contributed by atoms with Crippen molar-refractivity contribution in [3.05, 3.63) is 55.4 Å². The Morgan fingerprint density at radius 1 is 1.45 bits per heavy atom. The van der Waals surface area contributed by atoms with Gasteiger partial charge in [-0.2, -0.15) is 0 Å². The summed E-state index contributed by atoms with van der Waals surface area (Å²) < 4.78 is 0. The first-order valence-electron chi connectivity index (χ1n) is 5.71. The summed E-state index contributed by atoms with van der Waals surface area (Å²) in [5.41, 5.74) is 9.67. The van der Waals surface area contributed by atoms with E-state index in [1.807, 2.05) is 0 Å². The number of nitrogens with two attached hydrogens (primary N) is 2. The molecule has 1 rings (SSSR count). The molecular formula is C11H15ClN4O4. The molecule has 0 aromatic rings. The topological polar surface area (TPSA) is 138 Å². The van der Waals surface area contributed by atoms with E-state index in [-0.39, 0.29) is 23.6 Å². The zero-order valence-electron chi connectivity index (χ0n) is 10.8. The molecule has 110 valence electrons. The minimum Gasteiger partial charge on any atom is -0.396 e. The van der Waals surface area contributed by atoms with Gasteiger partial charge in [-0.3, -0.25) is 20.2 Å². The maximum atomic E-state index is 11.2. The Morgan fingerprint density at radius 3 is 2.50 bits per heavy atom. The zero-order chi connectivity index (χ0) is 15.5. The first-order chi connectivity index (χ1) is 9.25. The summed E-state index contributed by atoms with van der Waals surface area (Å²) in [5.74, 6) is 0.182. The molecule has 0 aromatic carbocycles. The number of nitrogens with zero attached hydrogens (tertiary/aromatic N) is 2. The van der Waals surface area contributed by atoms with E-state index >= 15 is 0 Å². The van der Waals surface area contributed by atoms with Gasteiger partial charge in [0.15, 0.2) is 5.54 Å². The van der Waals surface area contributed by atoms with E-state index in [9.17, 15) is 20.2 Å². The summed E-state index contributed by atoms with van der Waals surface area (Å²) in [6.45, 7) is 1.48. The predicted octanol–water partition coefficient (Wildman–Crippen LogP) is 0.921. The SMILES string of the molecule is CC1=C(N)C([N+](=O)[O-])C(N)(CC=CCCl)C([N+](=O)[O-])=C1. The van der Waals surface area contributed by atoms with E-state index in [4.69, 9.17) is 23.1 Å². The van der Waals surface area contributed by atoms with Gasteiger partial charge in [-0.05, 0) is 12.5 Å². The largest absolute Gasteiger partial charge is 0.396 e. The monoisotopic (exact) mass is 302 g/mol. The van der Waals surface area contributed by atoms with Gasteiger partial charge in [0, 0.05) is 23.3 Å². The number of nitro groups is 2. The van der Waals surface area contributed by atoms with Crippen LogP contribution in [0.3, 0.4) is 0 Å². The number of hydrogen-bond acceptors (Lipinski definition) is 6. The van der Waals surface area contributed by atoms with Gasteiger partial charge in [-0.1, -0.05) is 12.2 Å². The Labute approximate surface area is 120 Å². The number of rotatable bonds is 5. The number of allylic oxidation sites excluding steroid dienone is 3. The second kappa shape index (κ2) is 6.02. The van der Waals surface area contributed by atoms with Gasteiger partial charge in [-0.25, -0.2) is 0 Å². The van der Waals surface area contributed by atoms with Crippen LogP contribution in [-0.2, 0) is 0 Å². The van der Waals surface area contributed by atoms with Gasteiger partial charge in [0.2, 0.25) is 0 Å². The second-order valence-corrected chi connectivity index (χ2v) is 4.79. The predicted molar refractivity (Wildman–Crippen MR) is 74.1 cm³/mol. The highest BCUT2D eigenvalue weighted by Crippen LogP contribution is 2.34. The first kappa shape index (κ1) is 16.1. The minimum atomic E-state index is -1.81. The van der Waals surface area contributed by atoms with Crippen LogP contribution in [0.4, 0.5) is 0 Å². The van der Waals surface area contributed by atoms with Crippen molar-refractivity contribution in [2.24, 2.45) is 11.5 Å². The lowest BCUT2D eigenvalue weighted by Crippen LogP contribution is -2.60. The van der Waals surface area contributed by atoms with Crippen LogP contribution in [0.25, 0.3) is 0 Å². The lowest BCUT2D eigenvalue weighted by Gasteiger charge is -2.31. The van der Waals surface area contributed by atoms with Crippen LogP contribution in [-0.4, -0.2) is 27.3 Å². The summed E-state index contributed by atoms with van der Waals surface area (Å²) >= 11 is 5.47. The fourth-order valence-electron chi connectivity index (χ4n) is 2.14. The van der Waals surface area contributed by atoms with Crippen molar-refractivity contribution in [3.63, 3.8) is 0 Å². The highest BCUT2D eigenvalue weighted by atomic mass is 35.5. The molecule has 1 aliphatic carbocycles. The number of hydrogen-bond donors (Lipinski definition) is 2. The third-order valence-corrected chi connectivity index (χ3v) is 3.37. The van der Waals surface area contributed by atoms with E-state index in [0.717, 1.165) is 0 Å². The number of halogens is 1. The first-order valence-corrected chi connectivity index (χ1v) is 6.25. The van der Waals surface area contributed by atoms with E-state index < -0.39 is 27.1 Å². The molecule has 0 amide bonds. The fraction of sp³-hybridized carbons (Fsp3) is 0.455. The lowest BCUT2D eigenvalue weighted by atomic mass is 9.78. The van der Waals surface area contributed by atoms with Gasteiger partial charge >= 0.3 is 0 Å². The Kier molecular flexibility index (Phi) is 4.85. The molecular weight excluding hydrogens is 288 g/mol. The molecule has 0 heterocycles. The summed E-state index contributed by atoms with van der Waals surface area (Å²) in [6.07, 6.45) is 4.08. The van der Waals surface area contributed by atoms with E-state index in [1.54, 1.807) is 0 Å². The average Bonchev–Trinajstić information content (AvgIpc) is 2.33. The Bertz CT molecular complexity index is 529. The molecule has 2 atom stereocenters. The van der Waals surface area contributed by atoms with E-state index in [2.05, 4.69) is 0 Å². The molecule has 0 spiro atoms. The third kappa shape index (κ3) is 2.81. The van der Waals surface area contributed by atoms with Crippen molar-refractivity contribution in [2.75, 3.05) is 5.88 Å². The molecule has 0 bridgehead atoms. The Balaban J connectivity index is 3.39. The molecule has 8 nitrogen and oxygen atoms in total. The molecule has 20 heavy (non-hydrogen) atoms. The summed E-state index contributed by atoms with van der Waals surface area (Å²) in [4.78, 5) is 21.0. The zero-order valence-corrected chi connectivity index (χ0v) is 11.5. The van der Waals surface area contributed by atoms with Gasteiger partial charge < -0.3 is 11.5 Å². The quantitative estimate of drug-likeness (QED) is 0.335. The van der Waals surface area contributed by atoms with Crippen molar-refractivity contribution < 1.29 is 9.85 Å². The second-order valence-electron chi connectivity index (χ2n) is 4.48. The van der Waals surface area contributed by atoms with E-state index in [1.165, 1.54) is 25.2 Å². The molecule has 0 aliphatic heterocycles. The van der Waals surface area contributed by atoms with Gasteiger partial charge in [0.1, 0.15) is 0 Å². The molecule has 1 aliphatic rings. The summed E-state index contributed by atoms with van der Waals surface area (Å²) in [5, 5.41) is 22.4. The maximum Gasteiger partial charge on any atom is 0.280 e. The molecule has 0 saturated heterocycles. The van der Waals surface area contributed by atoms with Crippen molar-refractivity contribution in [1.29, 1.82) is 0 Å². The molecule has 0 radical (unpaired) electrons. The molecule has 9 heteroatoms. The average molecular weight is 303 g/mol. The fourth-order valence-corrected chi connectivity index (χ4v) is 2.26. The summed E-state index contributed by atoms with van der Waals surface area (Å²) in [6, 6.07) is -1.55. The smallest absolute Gasteiger partial charge is 0.280 e. The molecule has 0 fully saturated rings. The van der Waals surface area contributed by atoms with Crippen LogP contribution in [0.2, 0.25) is 0 Å². The van der Waals surface area contributed by atoms with Crippen LogP contribution >= 0.6 is 11.6 Å². The standard InChI is InChI=1S/C11H15ClN4O4/c1-7-6-8(15(17)18)11(14,4-2-3-5-12)10(9(7)13)16(19)20/h2-3,6,10H,4-5,13-14H2,1H3. The van der Waals surface area contributed by atoms with Crippen molar-refractivity contribution in [2.45, 2.75) is 24.9 Å². The van der Waals surface area contributed by atoms with Gasteiger partial charge in [0.05, 0.1) is 10.6 Å². The van der Waals surface area contributed by atoms with Crippen molar-refractivity contribution >= 4 is 11.6 Å². The Hall–Kier alpha value is -1.93. The highest BCUT2D eigenvalue weighted by molar-refractivity contribution is 6.18. The number of alkyl halides is 1. The maximum absolute atomic E-state index is 11.2. The van der Waals surface area contributed by atoms with E-state index in [0.29, 0.717) is 0 Å². The highest BCUT2D eigenvalue weighted by Gasteiger charge is 2.56. The third-order valence-electron chi connectivity index (χ3n) is 3.19. The van der Waals surface area contributed by atoms with Crippen LogP contribution in [0.1, 0.15) is 13.3 Å². The Morgan fingerprint density at radius 2 is 2.05 bits per heavy atom.